The number of anilines is 1. The maximum absolute atomic E-state index is 14.0. The Balaban J connectivity index is 1.29. The van der Waals surface area contributed by atoms with Crippen LogP contribution in [0, 0.1) is 23.1 Å². The molecule has 10 heteroatoms. The predicted molar refractivity (Wildman–Crippen MR) is 143 cm³/mol. The average molecular weight is 524 g/mol. The van der Waals surface area contributed by atoms with Crippen molar-refractivity contribution in [3.63, 3.8) is 0 Å². The lowest BCUT2D eigenvalue weighted by Gasteiger charge is -2.24. The topological polar surface area (TPSA) is 123 Å². The minimum atomic E-state index is -0.444. The van der Waals surface area contributed by atoms with Gasteiger partial charge in [0.1, 0.15) is 35.2 Å². The Morgan fingerprint density at radius 3 is 2.69 bits per heavy atom. The highest BCUT2D eigenvalue weighted by Gasteiger charge is 2.33. The molecule has 1 amide bonds. The van der Waals surface area contributed by atoms with E-state index >= 15 is 0 Å². The first-order chi connectivity index (χ1) is 19.0. The van der Waals surface area contributed by atoms with Gasteiger partial charge in [0.05, 0.1) is 18.0 Å². The average Bonchev–Trinajstić information content (AvgIpc) is 3.52. The van der Waals surface area contributed by atoms with Gasteiger partial charge in [0.2, 0.25) is 0 Å². The quantitative estimate of drug-likeness (QED) is 0.271. The Kier molecular flexibility index (Phi) is 6.40. The number of hydrogen-bond donors (Lipinski definition) is 1. The number of fused-ring (bicyclic) bond motifs is 1. The summed E-state index contributed by atoms with van der Waals surface area (Å²) in [5.41, 5.74) is 8.42. The second kappa shape index (κ2) is 10.2. The molecule has 0 radical (unpaired) electrons. The molecular formula is C29H26FN7O2. The van der Waals surface area contributed by atoms with Crippen molar-refractivity contribution in [3.05, 3.63) is 72.3 Å². The summed E-state index contributed by atoms with van der Waals surface area (Å²) in [6.45, 7) is 1.01. The standard InChI is InChI=1S/C29H26FN7O2/c30-23-5-1-2-6-24(23)39-22-11-9-19(10-12-22)26-25-27(32)33-17-34-28(25)37(35-26)16-21-4-3-13-36(21)29(38)20(15-31)14-18-7-8-18/h1-2,5-6,9-12,14,17-18,21H,3-4,7-8,13,16H2,(H2,32,33,34)/b20-14+/t21-/m0/s1. The van der Waals surface area contributed by atoms with E-state index in [2.05, 4.69) is 16.0 Å². The van der Waals surface area contributed by atoms with Gasteiger partial charge in [-0.2, -0.15) is 10.4 Å². The molecule has 196 valence electrons. The first-order valence-corrected chi connectivity index (χ1v) is 12.9. The van der Waals surface area contributed by atoms with Gasteiger partial charge < -0.3 is 15.4 Å². The van der Waals surface area contributed by atoms with Crippen molar-refractivity contribution in [3.8, 4) is 28.8 Å². The number of hydrogen-bond acceptors (Lipinski definition) is 7. The van der Waals surface area contributed by atoms with Gasteiger partial charge in [-0.25, -0.2) is 19.0 Å². The van der Waals surface area contributed by atoms with Crippen LogP contribution in [0.4, 0.5) is 10.2 Å². The van der Waals surface area contributed by atoms with Gasteiger partial charge in [-0.15, -0.1) is 0 Å². The van der Waals surface area contributed by atoms with Crippen molar-refractivity contribution in [2.24, 2.45) is 5.92 Å². The molecule has 4 aromatic rings. The second-order valence-electron chi connectivity index (χ2n) is 9.87. The lowest BCUT2D eigenvalue weighted by atomic mass is 10.1. The van der Waals surface area contributed by atoms with E-state index in [4.69, 9.17) is 15.6 Å². The molecule has 39 heavy (non-hydrogen) atoms. The molecular weight excluding hydrogens is 497 g/mol. The predicted octanol–water partition coefficient (Wildman–Crippen LogP) is 4.86. The molecule has 0 unspecified atom stereocenters. The summed E-state index contributed by atoms with van der Waals surface area (Å²) in [7, 11) is 0. The first kappa shape index (κ1) is 24.6. The van der Waals surface area contributed by atoms with Crippen molar-refractivity contribution >= 4 is 22.8 Å². The number of para-hydroxylation sites is 1. The first-order valence-electron chi connectivity index (χ1n) is 12.9. The molecule has 0 spiro atoms. The van der Waals surface area contributed by atoms with Crippen molar-refractivity contribution in [1.82, 2.24) is 24.6 Å². The third-order valence-electron chi connectivity index (χ3n) is 7.15. The molecule has 3 heterocycles. The normalized spacial score (nSPS) is 17.4. The summed E-state index contributed by atoms with van der Waals surface area (Å²) in [4.78, 5) is 23.6. The molecule has 1 saturated carbocycles. The molecule has 1 atom stereocenters. The van der Waals surface area contributed by atoms with E-state index in [-0.39, 0.29) is 23.3 Å². The Morgan fingerprint density at radius 1 is 1.15 bits per heavy atom. The molecule has 6 rings (SSSR count). The fourth-order valence-electron chi connectivity index (χ4n) is 5.00. The van der Waals surface area contributed by atoms with Crippen LogP contribution in [0.1, 0.15) is 25.7 Å². The summed E-state index contributed by atoms with van der Waals surface area (Å²) < 4.78 is 21.4. The van der Waals surface area contributed by atoms with E-state index in [1.807, 2.05) is 18.2 Å². The van der Waals surface area contributed by atoms with Crippen molar-refractivity contribution in [2.75, 3.05) is 12.3 Å². The summed E-state index contributed by atoms with van der Waals surface area (Å²) in [5, 5.41) is 15.0. The Morgan fingerprint density at radius 2 is 1.95 bits per heavy atom. The second-order valence-corrected chi connectivity index (χ2v) is 9.87. The maximum atomic E-state index is 14.0. The number of carbonyl (C=O) groups excluding carboxylic acids is 1. The van der Waals surface area contributed by atoms with Gasteiger partial charge >= 0.3 is 0 Å². The number of nitriles is 1. The molecule has 2 aromatic heterocycles. The maximum Gasteiger partial charge on any atom is 0.264 e. The van der Waals surface area contributed by atoms with Gasteiger partial charge in [0, 0.05) is 12.1 Å². The van der Waals surface area contributed by atoms with E-state index in [1.165, 1.54) is 12.4 Å². The summed E-state index contributed by atoms with van der Waals surface area (Å²) in [6.07, 6.45) is 6.92. The highest BCUT2D eigenvalue weighted by molar-refractivity contribution is 5.99. The number of carbonyl (C=O) groups is 1. The van der Waals surface area contributed by atoms with Crippen LogP contribution in [0.25, 0.3) is 22.3 Å². The Bertz CT molecular complexity index is 1620. The number of likely N-dealkylation sites (tertiary alicyclic amines) is 1. The summed E-state index contributed by atoms with van der Waals surface area (Å²) in [5.74, 6) is 0.588. The highest BCUT2D eigenvalue weighted by atomic mass is 19.1. The zero-order valence-corrected chi connectivity index (χ0v) is 21.1. The molecule has 1 saturated heterocycles. The number of amides is 1. The molecule has 2 fully saturated rings. The molecule has 2 aliphatic rings. The molecule has 1 aliphatic heterocycles. The van der Waals surface area contributed by atoms with Crippen LogP contribution in [0.2, 0.25) is 0 Å². The van der Waals surface area contributed by atoms with Crippen LogP contribution in [0.15, 0.2) is 66.5 Å². The Hall–Kier alpha value is -4.78. The summed E-state index contributed by atoms with van der Waals surface area (Å²) in [6, 6.07) is 15.3. The molecule has 0 bridgehead atoms. The van der Waals surface area contributed by atoms with E-state index < -0.39 is 5.82 Å². The zero-order valence-electron chi connectivity index (χ0n) is 21.1. The fraction of sp³-hybridized carbons (Fsp3) is 0.276. The molecule has 1 aliphatic carbocycles. The third kappa shape index (κ3) is 4.91. The van der Waals surface area contributed by atoms with Crippen molar-refractivity contribution in [1.29, 1.82) is 5.26 Å². The number of halogens is 1. The molecule has 2 aromatic carbocycles. The number of nitrogen functional groups attached to an aromatic ring is 1. The van der Waals surface area contributed by atoms with Gasteiger partial charge in [0.25, 0.3) is 5.91 Å². The van der Waals surface area contributed by atoms with Gasteiger partial charge in [0.15, 0.2) is 17.2 Å². The van der Waals surface area contributed by atoms with Crippen molar-refractivity contribution < 1.29 is 13.9 Å². The monoisotopic (exact) mass is 523 g/mol. The molecule has 9 nitrogen and oxygen atoms in total. The van der Waals surface area contributed by atoms with E-state index in [9.17, 15) is 14.4 Å². The number of nitrogens with zero attached hydrogens (tertiary/aromatic N) is 6. The largest absolute Gasteiger partial charge is 0.454 e. The number of rotatable bonds is 7. The number of ether oxygens (including phenoxy) is 1. The number of nitrogens with two attached hydrogens (primary N) is 1. The summed E-state index contributed by atoms with van der Waals surface area (Å²) >= 11 is 0. The van der Waals surface area contributed by atoms with Crippen LogP contribution in [-0.4, -0.2) is 43.1 Å². The van der Waals surface area contributed by atoms with E-state index in [0.717, 1.165) is 31.2 Å². The third-order valence-corrected chi connectivity index (χ3v) is 7.15. The van der Waals surface area contributed by atoms with E-state index in [0.29, 0.717) is 47.3 Å². The van der Waals surface area contributed by atoms with E-state index in [1.54, 1.807) is 39.9 Å². The van der Waals surface area contributed by atoms with Gasteiger partial charge in [-0.05, 0) is 68.0 Å². The number of allylic oxidation sites excluding steroid dienone is 1. The smallest absolute Gasteiger partial charge is 0.264 e. The SMILES string of the molecule is N#C/C(=C\C1CC1)C(=O)N1CCC[C@H]1Cn1nc(-c2ccc(Oc3ccccc3F)cc2)c2c(N)ncnc21. The lowest BCUT2D eigenvalue weighted by molar-refractivity contribution is -0.127. The van der Waals surface area contributed by atoms with Crippen LogP contribution >= 0.6 is 0 Å². The number of benzene rings is 2. The van der Waals surface area contributed by atoms with Crippen LogP contribution < -0.4 is 10.5 Å². The van der Waals surface area contributed by atoms with Crippen LogP contribution in [0.3, 0.4) is 0 Å². The molecule has 2 N–H and O–H groups in total. The highest BCUT2D eigenvalue weighted by Crippen LogP contribution is 2.34. The fourth-order valence-corrected chi connectivity index (χ4v) is 5.00. The minimum Gasteiger partial charge on any atom is -0.454 e. The van der Waals surface area contributed by atoms with Crippen LogP contribution in [0.5, 0.6) is 11.5 Å². The van der Waals surface area contributed by atoms with Gasteiger partial charge in [-0.3, -0.25) is 4.79 Å². The minimum absolute atomic E-state index is 0.128. The number of aromatic nitrogens is 4. The van der Waals surface area contributed by atoms with Gasteiger partial charge in [-0.1, -0.05) is 18.2 Å². The lowest BCUT2D eigenvalue weighted by Crippen LogP contribution is -2.39. The van der Waals surface area contributed by atoms with Crippen molar-refractivity contribution in [2.45, 2.75) is 38.3 Å². The Labute approximate surface area is 224 Å². The zero-order chi connectivity index (χ0) is 26.9. The van der Waals surface area contributed by atoms with Crippen LogP contribution in [-0.2, 0) is 11.3 Å².